The Balaban J connectivity index is 1.79. The lowest BCUT2D eigenvalue weighted by atomic mass is 10.2. The largest absolute Gasteiger partial charge is 0.454 e. The fraction of sp³-hybridized carbons (Fsp3) is 0.222. The minimum Gasteiger partial charge on any atom is -0.454 e. The summed E-state index contributed by atoms with van der Waals surface area (Å²) in [6.07, 6.45) is 0. The Labute approximate surface area is 152 Å². The molecular formula is C18H15FN2O4S. The molecule has 134 valence electrons. The zero-order valence-corrected chi connectivity index (χ0v) is 14.7. The number of amides is 1. The molecule has 0 bridgehead atoms. The van der Waals surface area contributed by atoms with Gasteiger partial charge in [-0.1, -0.05) is 17.4 Å². The summed E-state index contributed by atoms with van der Waals surface area (Å²) >= 11 is 1.26. The molecule has 0 radical (unpaired) electrons. The number of hydrogen-bond acceptors (Lipinski definition) is 5. The van der Waals surface area contributed by atoms with Gasteiger partial charge in [0.2, 0.25) is 6.79 Å². The molecule has 0 unspecified atom stereocenters. The average molecular weight is 374 g/mol. The summed E-state index contributed by atoms with van der Waals surface area (Å²) in [5.41, 5.74) is 0.803. The van der Waals surface area contributed by atoms with E-state index in [1.807, 2.05) is 0 Å². The van der Waals surface area contributed by atoms with Gasteiger partial charge in [0.1, 0.15) is 5.82 Å². The van der Waals surface area contributed by atoms with E-state index in [0.717, 1.165) is 4.70 Å². The molecule has 2 aromatic carbocycles. The van der Waals surface area contributed by atoms with Gasteiger partial charge in [-0.2, -0.15) is 4.99 Å². The number of thiazole rings is 1. The quantitative estimate of drug-likeness (QED) is 0.704. The predicted molar refractivity (Wildman–Crippen MR) is 94.1 cm³/mol. The Hall–Kier alpha value is -2.71. The van der Waals surface area contributed by atoms with Gasteiger partial charge in [-0.3, -0.25) is 4.79 Å². The zero-order chi connectivity index (χ0) is 18.1. The van der Waals surface area contributed by atoms with Gasteiger partial charge in [0, 0.05) is 19.2 Å². The third-order valence-electron chi connectivity index (χ3n) is 3.99. The van der Waals surface area contributed by atoms with Crippen molar-refractivity contribution in [1.29, 1.82) is 0 Å². The van der Waals surface area contributed by atoms with Crippen LogP contribution in [0.4, 0.5) is 4.39 Å². The molecule has 0 fully saturated rings. The zero-order valence-electron chi connectivity index (χ0n) is 13.9. The second-order valence-corrected chi connectivity index (χ2v) is 6.61. The summed E-state index contributed by atoms with van der Waals surface area (Å²) in [7, 11) is 1.57. The minimum absolute atomic E-state index is 0.136. The van der Waals surface area contributed by atoms with E-state index >= 15 is 0 Å². The molecule has 1 aliphatic heterocycles. The number of para-hydroxylation sites is 1. The number of rotatable bonds is 4. The summed E-state index contributed by atoms with van der Waals surface area (Å²) in [5.74, 6) is 0.328. The van der Waals surface area contributed by atoms with Crippen LogP contribution < -0.4 is 14.3 Å². The third-order valence-corrected chi connectivity index (χ3v) is 5.03. The molecule has 0 N–H and O–H groups in total. The predicted octanol–water partition coefficient (Wildman–Crippen LogP) is 2.96. The molecule has 0 spiro atoms. The highest BCUT2D eigenvalue weighted by Gasteiger charge is 2.17. The smallest absolute Gasteiger partial charge is 0.279 e. The normalized spacial score (nSPS) is 13.5. The van der Waals surface area contributed by atoms with Gasteiger partial charge in [-0.15, -0.1) is 0 Å². The number of halogens is 1. The summed E-state index contributed by atoms with van der Waals surface area (Å²) in [5, 5.41) is 0. The van der Waals surface area contributed by atoms with E-state index in [4.69, 9.17) is 14.2 Å². The maximum Gasteiger partial charge on any atom is 0.279 e. The van der Waals surface area contributed by atoms with Gasteiger partial charge in [-0.05, 0) is 30.3 Å². The highest BCUT2D eigenvalue weighted by atomic mass is 32.1. The average Bonchev–Trinajstić information content (AvgIpc) is 3.24. The van der Waals surface area contributed by atoms with E-state index in [0.29, 0.717) is 40.5 Å². The molecule has 0 saturated heterocycles. The van der Waals surface area contributed by atoms with Crippen LogP contribution in [0.25, 0.3) is 10.2 Å². The van der Waals surface area contributed by atoms with Crippen molar-refractivity contribution < 1.29 is 23.4 Å². The van der Waals surface area contributed by atoms with Crippen molar-refractivity contribution in [3.05, 3.63) is 52.6 Å². The van der Waals surface area contributed by atoms with Crippen molar-refractivity contribution in [2.24, 2.45) is 4.99 Å². The van der Waals surface area contributed by atoms with E-state index in [2.05, 4.69) is 4.99 Å². The summed E-state index contributed by atoms with van der Waals surface area (Å²) < 4.78 is 32.3. The maximum atomic E-state index is 14.3. The Morgan fingerprint density at radius 1 is 1.31 bits per heavy atom. The summed E-state index contributed by atoms with van der Waals surface area (Å²) in [6.45, 7) is 0.910. The second-order valence-electron chi connectivity index (χ2n) is 5.60. The molecule has 1 amide bonds. The summed E-state index contributed by atoms with van der Waals surface area (Å²) in [4.78, 5) is 17.2. The lowest BCUT2D eigenvalue weighted by molar-refractivity contribution is 0.0997. The van der Waals surface area contributed by atoms with E-state index in [1.165, 1.54) is 17.4 Å². The van der Waals surface area contributed by atoms with Gasteiger partial charge >= 0.3 is 0 Å². The van der Waals surface area contributed by atoms with E-state index in [9.17, 15) is 9.18 Å². The van der Waals surface area contributed by atoms with Crippen LogP contribution in [0, 0.1) is 5.82 Å². The van der Waals surface area contributed by atoms with Crippen molar-refractivity contribution in [2.75, 3.05) is 20.5 Å². The van der Waals surface area contributed by atoms with E-state index in [1.54, 1.807) is 42.0 Å². The van der Waals surface area contributed by atoms with Crippen LogP contribution in [-0.4, -0.2) is 31.0 Å². The molecule has 0 aliphatic carbocycles. The molecule has 26 heavy (non-hydrogen) atoms. The first-order valence-corrected chi connectivity index (χ1v) is 8.74. The van der Waals surface area contributed by atoms with Gasteiger partial charge < -0.3 is 18.8 Å². The molecule has 1 aliphatic rings. The van der Waals surface area contributed by atoms with Gasteiger partial charge in [0.05, 0.1) is 16.8 Å². The second kappa shape index (κ2) is 6.89. The van der Waals surface area contributed by atoms with Gasteiger partial charge in [0.15, 0.2) is 16.3 Å². The van der Waals surface area contributed by atoms with Crippen LogP contribution in [0.15, 0.2) is 41.4 Å². The van der Waals surface area contributed by atoms with Crippen LogP contribution in [0.3, 0.4) is 0 Å². The standard InChI is InChI=1S/C18H15FN2O4S/c1-23-8-7-21-16-12(19)3-2-4-15(16)26-18(21)20-17(22)11-5-6-13-14(9-11)25-10-24-13/h2-6,9H,7-8,10H2,1H3. The first-order chi connectivity index (χ1) is 12.7. The molecule has 6 nitrogen and oxygen atoms in total. The molecule has 0 saturated carbocycles. The summed E-state index contributed by atoms with van der Waals surface area (Å²) in [6, 6.07) is 9.74. The molecule has 4 rings (SSSR count). The van der Waals surface area contributed by atoms with Crippen molar-refractivity contribution in [3.63, 3.8) is 0 Å². The van der Waals surface area contributed by atoms with Crippen LogP contribution in [0.2, 0.25) is 0 Å². The van der Waals surface area contributed by atoms with Gasteiger partial charge in [0.25, 0.3) is 5.91 Å². The molecule has 3 aromatic rings. The SMILES string of the molecule is COCCn1c(=NC(=O)c2ccc3c(c2)OCO3)sc2cccc(F)c21. The first kappa shape index (κ1) is 16.7. The molecule has 8 heteroatoms. The number of methoxy groups -OCH3 is 1. The lowest BCUT2D eigenvalue weighted by Gasteiger charge is -2.05. The first-order valence-electron chi connectivity index (χ1n) is 7.93. The van der Waals surface area contributed by atoms with Crippen molar-refractivity contribution in [2.45, 2.75) is 6.54 Å². The van der Waals surface area contributed by atoms with Crippen LogP contribution in [-0.2, 0) is 11.3 Å². The van der Waals surface area contributed by atoms with E-state index in [-0.39, 0.29) is 12.6 Å². The minimum atomic E-state index is -0.429. The topological polar surface area (TPSA) is 62.1 Å². The maximum absolute atomic E-state index is 14.3. The van der Waals surface area contributed by atoms with Crippen molar-refractivity contribution in [1.82, 2.24) is 4.57 Å². The molecule has 2 heterocycles. The monoisotopic (exact) mass is 374 g/mol. The van der Waals surface area contributed by atoms with Crippen molar-refractivity contribution >= 4 is 27.5 Å². The number of benzene rings is 2. The van der Waals surface area contributed by atoms with Crippen LogP contribution in [0.1, 0.15) is 10.4 Å². The number of fused-ring (bicyclic) bond motifs is 2. The Morgan fingerprint density at radius 3 is 3.00 bits per heavy atom. The number of aromatic nitrogens is 1. The third kappa shape index (κ3) is 2.97. The van der Waals surface area contributed by atoms with E-state index < -0.39 is 5.91 Å². The van der Waals surface area contributed by atoms with Crippen molar-refractivity contribution in [3.8, 4) is 11.5 Å². The lowest BCUT2D eigenvalue weighted by Crippen LogP contribution is -2.19. The highest BCUT2D eigenvalue weighted by molar-refractivity contribution is 7.16. The molecule has 0 atom stereocenters. The number of ether oxygens (including phenoxy) is 3. The Bertz CT molecular complexity index is 1060. The Kier molecular flexibility index (Phi) is 4.44. The fourth-order valence-corrected chi connectivity index (χ4v) is 3.81. The molecular weight excluding hydrogens is 359 g/mol. The number of carbonyl (C=O) groups is 1. The Morgan fingerprint density at radius 2 is 2.15 bits per heavy atom. The fourth-order valence-electron chi connectivity index (χ4n) is 2.74. The van der Waals surface area contributed by atoms with Crippen LogP contribution >= 0.6 is 11.3 Å². The number of hydrogen-bond donors (Lipinski definition) is 0. The van der Waals surface area contributed by atoms with Crippen LogP contribution in [0.5, 0.6) is 11.5 Å². The highest BCUT2D eigenvalue weighted by Crippen LogP contribution is 2.32. The number of nitrogens with zero attached hydrogens (tertiary/aromatic N) is 2. The van der Waals surface area contributed by atoms with Gasteiger partial charge in [-0.25, -0.2) is 4.39 Å². The molecule has 1 aromatic heterocycles. The number of carbonyl (C=O) groups excluding carboxylic acids is 1.